The Morgan fingerprint density at radius 1 is 1.38 bits per heavy atom. The third kappa shape index (κ3) is 7.14. The average molecular weight is 337 g/mol. The Morgan fingerprint density at radius 3 is 2.43 bits per heavy atom. The van der Waals surface area contributed by atoms with Crippen LogP contribution >= 0.6 is 11.8 Å². The van der Waals surface area contributed by atoms with Gasteiger partial charge in [-0.05, 0) is 19.4 Å². The maximum absolute atomic E-state index is 12.7. The van der Waals surface area contributed by atoms with Crippen LogP contribution in [0.3, 0.4) is 0 Å². The van der Waals surface area contributed by atoms with Crippen molar-refractivity contribution in [2.75, 3.05) is 12.3 Å². The van der Waals surface area contributed by atoms with Crippen LogP contribution in [-0.2, 0) is 19.1 Å². The second-order valence-corrected chi connectivity index (χ2v) is 5.48. The van der Waals surface area contributed by atoms with Gasteiger partial charge in [0, 0.05) is 12.7 Å². The first kappa shape index (κ1) is 20.9. The van der Waals surface area contributed by atoms with Gasteiger partial charge in [0.25, 0.3) is 0 Å². The maximum atomic E-state index is 12.7. The quantitative estimate of drug-likeness (QED) is 0.461. The van der Waals surface area contributed by atoms with E-state index < -0.39 is 40.9 Å². The van der Waals surface area contributed by atoms with E-state index in [1.54, 1.807) is 0 Å². The van der Waals surface area contributed by atoms with Crippen molar-refractivity contribution in [1.29, 1.82) is 0 Å². The molecule has 10 heteroatoms. The number of alkyl halides is 3. The van der Waals surface area contributed by atoms with Crippen LogP contribution in [0.25, 0.3) is 0 Å². The molecule has 0 aromatic heterocycles. The van der Waals surface area contributed by atoms with Crippen LogP contribution in [0.2, 0.25) is 0 Å². The Bertz CT molecular complexity index is 399. The number of carbonyl (C=O) groups is 3. The summed E-state index contributed by atoms with van der Waals surface area (Å²) in [5, 5.41) is 2.18. The summed E-state index contributed by atoms with van der Waals surface area (Å²) < 4.78 is 42.4. The Balaban J connectivity index is 0.00000400. The zero-order chi connectivity index (χ0) is 15.3. The molecule has 1 aliphatic heterocycles. The molecule has 0 bridgehead atoms. The van der Waals surface area contributed by atoms with E-state index in [0.29, 0.717) is 31.1 Å². The van der Waals surface area contributed by atoms with E-state index in [9.17, 15) is 27.6 Å². The van der Waals surface area contributed by atoms with Gasteiger partial charge >= 0.3 is 47.7 Å². The van der Waals surface area contributed by atoms with Crippen molar-refractivity contribution in [3.8, 4) is 0 Å². The number of thioether (sulfide) groups is 1. The number of hydrogen-bond acceptors (Lipinski definition) is 6. The fraction of sp³-hybridized carbons (Fsp3) is 0.727. The van der Waals surface area contributed by atoms with Crippen LogP contribution in [0.5, 0.6) is 0 Å². The first-order chi connectivity index (χ1) is 9.21. The molecule has 116 valence electrons. The zero-order valence-corrected chi connectivity index (χ0v) is 11.5. The minimum atomic E-state index is -4.86. The predicted octanol–water partition coefficient (Wildman–Crippen LogP) is 0.618. The normalized spacial score (nSPS) is 19.5. The summed E-state index contributed by atoms with van der Waals surface area (Å²) in [5.41, 5.74) is 0. The van der Waals surface area contributed by atoms with E-state index >= 15 is 0 Å². The fourth-order valence-corrected chi connectivity index (χ4v) is 2.35. The van der Waals surface area contributed by atoms with Gasteiger partial charge < -0.3 is 10.1 Å². The molecule has 1 aliphatic rings. The van der Waals surface area contributed by atoms with Crippen LogP contribution < -0.4 is 5.32 Å². The molecule has 0 saturated carbocycles. The van der Waals surface area contributed by atoms with Crippen molar-refractivity contribution in [2.24, 2.45) is 5.92 Å². The van der Waals surface area contributed by atoms with Gasteiger partial charge in [0.05, 0.1) is 0 Å². The van der Waals surface area contributed by atoms with Crippen molar-refractivity contribution in [3.63, 3.8) is 0 Å². The summed E-state index contributed by atoms with van der Waals surface area (Å²) in [5.74, 6) is -5.94. The van der Waals surface area contributed by atoms with Gasteiger partial charge in [-0.15, -0.1) is 0 Å². The van der Waals surface area contributed by atoms with Crippen molar-refractivity contribution in [1.82, 2.24) is 5.32 Å². The number of nitrogens with one attached hydrogen (secondary N) is 1. The third-order valence-corrected chi connectivity index (χ3v) is 3.59. The molecule has 21 heavy (non-hydrogen) atoms. The summed E-state index contributed by atoms with van der Waals surface area (Å²) in [6.45, 7) is 1.65. The number of halogens is 3. The van der Waals surface area contributed by atoms with Gasteiger partial charge in [0.15, 0.2) is 11.0 Å². The molecule has 0 aromatic rings. The monoisotopic (exact) mass is 337 g/mol. The molecular weight excluding hydrogens is 322 g/mol. The molecule has 1 N–H and O–H groups in total. The van der Waals surface area contributed by atoms with E-state index in [2.05, 4.69) is 10.1 Å². The molecule has 0 aromatic carbocycles. The molecule has 0 spiro atoms. The second kappa shape index (κ2) is 9.14. The van der Waals surface area contributed by atoms with Gasteiger partial charge in [0.2, 0.25) is 0 Å². The van der Waals surface area contributed by atoms with Gasteiger partial charge in [-0.2, -0.15) is 13.2 Å². The second-order valence-electron chi connectivity index (χ2n) is 4.29. The van der Waals surface area contributed by atoms with Gasteiger partial charge in [-0.25, -0.2) is 4.79 Å². The van der Waals surface area contributed by atoms with Crippen LogP contribution in [0.15, 0.2) is 0 Å². The van der Waals surface area contributed by atoms with Crippen molar-refractivity contribution >= 4 is 58.4 Å². The first-order valence-electron chi connectivity index (χ1n) is 5.91. The van der Waals surface area contributed by atoms with Crippen LogP contribution in [0, 0.1) is 5.92 Å². The molecule has 1 heterocycles. The van der Waals surface area contributed by atoms with Crippen LogP contribution in [-0.4, -0.2) is 71.1 Å². The number of ether oxygens (including phenoxy) is 1. The number of carbonyl (C=O) groups excluding carboxylic acids is 3. The number of esters is 2. The predicted molar refractivity (Wildman–Crippen MR) is 72.0 cm³/mol. The summed E-state index contributed by atoms with van der Waals surface area (Å²) in [7, 11) is 0. The van der Waals surface area contributed by atoms with Crippen molar-refractivity contribution < 1.29 is 32.3 Å². The summed E-state index contributed by atoms with van der Waals surface area (Å²) in [4.78, 5) is 33.6. The average Bonchev–Trinajstić information content (AvgIpc) is 2.79. The SMILES string of the molecule is CC(=O)SCC(C(=O)OC(=O)[C@@H]1CCCN1)C(F)(F)F.[NaH]. The Morgan fingerprint density at radius 2 is 2.00 bits per heavy atom. The van der Waals surface area contributed by atoms with E-state index in [1.807, 2.05) is 0 Å². The molecule has 0 radical (unpaired) electrons. The molecule has 1 fully saturated rings. The van der Waals surface area contributed by atoms with Gasteiger partial charge in [-0.1, -0.05) is 11.8 Å². The molecule has 0 aliphatic carbocycles. The van der Waals surface area contributed by atoms with E-state index in [-0.39, 0.29) is 29.6 Å². The van der Waals surface area contributed by atoms with Crippen molar-refractivity contribution in [2.45, 2.75) is 32.0 Å². The Labute approximate surface area is 146 Å². The molecule has 2 atom stereocenters. The minimum absolute atomic E-state index is 0. The van der Waals surface area contributed by atoms with Crippen molar-refractivity contribution in [3.05, 3.63) is 0 Å². The third-order valence-electron chi connectivity index (χ3n) is 2.68. The van der Waals surface area contributed by atoms with Gasteiger partial charge in [-0.3, -0.25) is 9.59 Å². The van der Waals surface area contributed by atoms with Gasteiger partial charge in [0.1, 0.15) is 6.04 Å². The van der Waals surface area contributed by atoms with E-state index in [0.717, 1.165) is 6.92 Å². The topological polar surface area (TPSA) is 72.5 Å². The zero-order valence-electron chi connectivity index (χ0n) is 10.7. The molecular formula is C11H15F3NNaO4S. The standard InChI is InChI=1S/C11H14F3NO4S.Na.H/c1-6(16)20-5-7(11(12,13)14)9(17)19-10(18)8-3-2-4-15-8;;/h7-8,15H,2-5H2,1H3;;/t7?,8-;;/m0../s1. The van der Waals surface area contributed by atoms with Crippen LogP contribution in [0.4, 0.5) is 13.2 Å². The van der Waals surface area contributed by atoms with E-state index in [4.69, 9.17) is 0 Å². The number of rotatable bonds is 4. The Kier molecular flexibility index (Phi) is 9.10. The molecule has 1 rings (SSSR count). The number of hydrogen-bond donors (Lipinski definition) is 1. The van der Waals surface area contributed by atoms with Crippen LogP contribution in [0.1, 0.15) is 19.8 Å². The molecule has 5 nitrogen and oxygen atoms in total. The summed E-state index contributed by atoms with van der Waals surface area (Å²) in [6, 6.07) is -0.742. The summed E-state index contributed by atoms with van der Waals surface area (Å²) in [6.07, 6.45) is -3.75. The summed E-state index contributed by atoms with van der Waals surface area (Å²) >= 11 is 0.367. The molecule has 0 amide bonds. The van der Waals surface area contributed by atoms with E-state index in [1.165, 1.54) is 0 Å². The fourth-order valence-electron chi connectivity index (χ4n) is 1.62. The molecule has 1 unspecified atom stereocenters. The first-order valence-corrected chi connectivity index (χ1v) is 6.89. The molecule has 1 saturated heterocycles. The Hall–Kier alpha value is -0.0900.